The minimum absolute atomic E-state index is 0.0126. The molecule has 5 heterocycles. The molecular weight excluding hydrogens is 807 g/mol. The lowest BCUT2D eigenvalue weighted by Crippen LogP contribution is -2.70. The van der Waals surface area contributed by atoms with Crippen LogP contribution in [0.4, 0.5) is 0 Å². The standard InChI is InChI=1S/C49H71N3O11/c1-6-8-10-24-48(25-11-9-7-2)61-40-38-28-49(46(57)51-26-12-13-35(51)44(55)50-34(30-53)21-23-39(54)60-47(3,4)5)42(45(56)59-38)52(63-43(49)41(40)62-48)29-33-18-15-31(16-19-33)14-17-32-20-22-36-37(27-32)58-36/h14-19,32,34-38,40-43,53H,6-13,20-30H2,1-5H3,(H,50,55)/t32?,34-,35+,36?,37?,38?,40-,41-,42-,43+,49?/m0/s1. The molecule has 2 bridgehead atoms. The maximum absolute atomic E-state index is 15.6. The molecule has 5 unspecified atom stereocenters. The molecule has 2 aliphatic carbocycles. The van der Waals surface area contributed by atoms with Crippen LogP contribution in [0.25, 0.3) is 6.08 Å². The van der Waals surface area contributed by atoms with Crippen molar-refractivity contribution in [3.8, 4) is 0 Å². The number of aliphatic hydroxyl groups is 1. The number of nitrogens with zero attached hydrogens (tertiary/aromatic N) is 2. The first kappa shape index (κ1) is 46.1. The molecule has 0 radical (unpaired) electrons. The molecule has 2 N–H and O–H groups in total. The summed E-state index contributed by atoms with van der Waals surface area (Å²) in [5, 5.41) is 14.8. The summed E-state index contributed by atoms with van der Waals surface area (Å²) in [7, 11) is 0. The molecule has 8 rings (SSSR count). The topological polar surface area (TPSA) is 166 Å². The highest BCUT2D eigenvalue weighted by Crippen LogP contribution is 2.59. The zero-order valence-corrected chi connectivity index (χ0v) is 38.1. The summed E-state index contributed by atoms with van der Waals surface area (Å²) >= 11 is 0. The van der Waals surface area contributed by atoms with Gasteiger partial charge in [-0.2, -0.15) is 5.06 Å². The van der Waals surface area contributed by atoms with Crippen LogP contribution >= 0.6 is 0 Å². The van der Waals surface area contributed by atoms with Gasteiger partial charge in [0.05, 0.1) is 31.4 Å². The number of rotatable bonds is 19. The van der Waals surface area contributed by atoms with Gasteiger partial charge in [-0.1, -0.05) is 75.9 Å². The number of allylic oxidation sites excluding steroid dienone is 1. The van der Waals surface area contributed by atoms with Gasteiger partial charge in [-0.15, -0.1) is 0 Å². The van der Waals surface area contributed by atoms with Gasteiger partial charge in [-0.25, -0.2) is 0 Å². The maximum Gasteiger partial charge on any atom is 0.327 e. The van der Waals surface area contributed by atoms with Gasteiger partial charge in [-0.3, -0.25) is 24.0 Å². The van der Waals surface area contributed by atoms with E-state index in [4.69, 9.17) is 28.5 Å². The first-order valence-corrected chi connectivity index (χ1v) is 24.1. The molecule has 1 aromatic carbocycles. The quantitative estimate of drug-likeness (QED) is 0.0907. The van der Waals surface area contributed by atoms with Crippen molar-refractivity contribution >= 4 is 29.8 Å². The number of nitrogens with one attached hydrogen (secondary N) is 1. The summed E-state index contributed by atoms with van der Waals surface area (Å²) in [6, 6.07) is 5.54. The van der Waals surface area contributed by atoms with E-state index in [-0.39, 0.29) is 38.3 Å². The largest absolute Gasteiger partial charge is 0.460 e. The molecule has 348 valence electrons. The first-order valence-electron chi connectivity index (χ1n) is 24.1. The maximum atomic E-state index is 15.6. The Bertz CT molecular complexity index is 1820. The fourth-order valence-corrected chi connectivity index (χ4v) is 11.2. The number of ether oxygens (including phenoxy) is 5. The number of unbranched alkanes of at least 4 members (excludes halogenated alkanes) is 4. The molecule has 14 heteroatoms. The highest BCUT2D eigenvalue weighted by molar-refractivity contribution is 5.96. The van der Waals surface area contributed by atoms with Crippen LogP contribution in [-0.2, 0) is 54.2 Å². The molecule has 11 atom stereocenters. The van der Waals surface area contributed by atoms with E-state index in [9.17, 15) is 19.5 Å². The van der Waals surface area contributed by atoms with E-state index in [1.54, 1.807) is 30.7 Å². The van der Waals surface area contributed by atoms with Gasteiger partial charge in [0.1, 0.15) is 41.5 Å². The molecule has 2 amide bonds. The predicted molar refractivity (Wildman–Crippen MR) is 232 cm³/mol. The number of hydrogen-bond acceptors (Lipinski definition) is 12. The van der Waals surface area contributed by atoms with Gasteiger partial charge in [0.2, 0.25) is 11.8 Å². The van der Waals surface area contributed by atoms with Crippen LogP contribution < -0.4 is 5.32 Å². The number of epoxide rings is 1. The summed E-state index contributed by atoms with van der Waals surface area (Å²) in [6.07, 6.45) is 14.4. The first-order chi connectivity index (χ1) is 30.3. The predicted octanol–water partition coefficient (Wildman–Crippen LogP) is 6.30. The van der Waals surface area contributed by atoms with E-state index in [1.165, 1.54) is 0 Å². The zero-order valence-electron chi connectivity index (χ0n) is 38.1. The Hall–Kier alpha value is -3.40. The highest BCUT2D eigenvalue weighted by Gasteiger charge is 2.77. The van der Waals surface area contributed by atoms with Crippen molar-refractivity contribution in [2.75, 3.05) is 13.2 Å². The van der Waals surface area contributed by atoms with Gasteiger partial charge in [0.15, 0.2) is 11.8 Å². The zero-order chi connectivity index (χ0) is 44.5. The number of hydroxylamine groups is 2. The van der Waals surface area contributed by atoms with E-state index < -0.39 is 77.2 Å². The molecule has 63 heavy (non-hydrogen) atoms. The van der Waals surface area contributed by atoms with E-state index >= 15 is 4.79 Å². The van der Waals surface area contributed by atoms with Gasteiger partial charge in [-0.05, 0) is 89.2 Å². The van der Waals surface area contributed by atoms with E-state index in [0.717, 1.165) is 68.9 Å². The molecular formula is C49H71N3O11. The molecule has 2 saturated carbocycles. The lowest BCUT2D eigenvalue weighted by atomic mass is 9.62. The molecule has 7 aliphatic rings. The monoisotopic (exact) mass is 878 g/mol. The minimum Gasteiger partial charge on any atom is -0.460 e. The second kappa shape index (κ2) is 19.2. The molecule has 5 saturated heterocycles. The van der Waals surface area contributed by atoms with Crippen molar-refractivity contribution < 1.29 is 52.8 Å². The third-order valence-corrected chi connectivity index (χ3v) is 14.4. The van der Waals surface area contributed by atoms with Crippen molar-refractivity contribution in [3.05, 3.63) is 41.5 Å². The Kier molecular flexibility index (Phi) is 14.1. The number of amides is 2. The molecule has 7 fully saturated rings. The number of esters is 2. The smallest absolute Gasteiger partial charge is 0.327 e. The molecule has 0 spiro atoms. The normalized spacial score (nSPS) is 33.5. The van der Waals surface area contributed by atoms with Crippen LogP contribution in [0.3, 0.4) is 0 Å². The number of hydrogen-bond donors (Lipinski definition) is 2. The van der Waals surface area contributed by atoms with E-state index in [2.05, 4.69) is 43.4 Å². The van der Waals surface area contributed by atoms with Gasteiger partial charge < -0.3 is 39.0 Å². The second-order valence-corrected chi connectivity index (χ2v) is 20.3. The van der Waals surface area contributed by atoms with Gasteiger partial charge >= 0.3 is 11.9 Å². The Labute approximate surface area is 373 Å². The van der Waals surface area contributed by atoms with E-state index in [0.29, 0.717) is 50.4 Å². The molecule has 0 aromatic heterocycles. The third kappa shape index (κ3) is 9.92. The average Bonchev–Trinajstić information content (AvgIpc) is 3.51. The summed E-state index contributed by atoms with van der Waals surface area (Å²) < 4.78 is 31.5. The fourth-order valence-electron chi connectivity index (χ4n) is 11.2. The lowest BCUT2D eigenvalue weighted by Gasteiger charge is -2.50. The minimum atomic E-state index is -1.42. The van der Waals surface area contributed by atoms with Gasteiger partial charge in [0, 0.05) is 32.2 Å². The van der Waals surface area contributed by atoms with Gasteiger partial charge in [0.25, 0.3) is 0 Å². The van der Waals surface area contributed by atoms with Crippen LogP contribution in [0.2, 0.25) is 0 Å². The number of likely N-dealkylation sites (tertiary alicyclic amines) is 1. The van der Waals surface area contributed by atoms with Crippen molar-refractivity contribution in [1.29, 1.82) is 0 Å². The number of carbonyl (C=O) groups is 4. The molecule has 1 aromatic rings. The van der Waals surface area contributed by atoms with Crippen LogP contribution in [0.15, 0.2) is 30.3 Å². The number of aliphatic hydroxyl groups excluding tert-OH is 1. The summed E-state index contributed by atoms with van der Waals surface area (Å²) in [6.45, 7) is 9.84. The summed E-state index contributed by atoms with van der Waals surface area (Å²) in [5.74, 6) is -2.11. The van der Waals surface area contributed by atoms with Crippen LogP contribution in [0.1, 0.15) is 148 Å². The van der Waals surface area contributed by atoms with Crippen molar-refractivity contribution in [2.24, 2.45) is 11.3 Å². The van der Waals surface area contributed by atoms with E-state index in [1.807, 2.05) is 12.1 Å². The SMILES string of the molecule is CCCCCC1(CCCCC)O[C@@H]2[C@H]3ON(Cc4ccc(C=CC5CCC6OC6C5)cc4)[C@H]4C(=O)OC(CC34C(=O)N3CCC[C@@H]3C(=O)N[C@H](CO)CCC(=O)OC(C)(C)C)[C@@H]2O1. The van der Waals surface area contributed by atoms with Crippen molar-refractivity contribution in [2.45, 2.75) is 210 Å². The second-order valence-electron chi connectivity index (χ2n) is 20.3. The van der Waals surface area contributed by atoms with Crippen molar-refractivity contribution in [1.82, 2.24) is 15.3 Å². The summed E-state index contributed by atoms with van der Waals surface area (Å²) in [4.78, 5) is 65.2. The highest BCUT2D eigenvalue weighted by atomic mass is 16.8. The van der Waals surface area contributed by atoms with Crippen LogP contribution in [-0.4, -0.2) is 118 Å². The Balaban J connectivity index is 1.05. The summed E-state index contributed by atoms with van der Waals surface area (Å²) in [5.41, 5.74) is -0.0936. The van der Waals surface area contributed by atoms with Crippen molar-refractivity contribution in [3.63, 3.8) is 0 Å². The Morgan fingerprint density at radius 1 is 0.968 bits per heavy atom. The average molecular weight is 878 g/mol. The Morgan fingerprint density at radius 2 is 1.70 bits per heavy atom. The number of fused-ring (bicyclic) bond motifs is 5. The fraction of sp³-hybridized carbons (Fsp3) is 0.755. The number of benzene rings is 1. The third-order valence-electron chi connectivity index (χ3n) is 14.4. The lowest BCUT2D eigenvalue weighted by molar-refractivity contribution is -0.225. The Morgan fingerprint density at radius 3 is 2.38 bits per heavy atom. The molecule has 5 aliphatic heterocycles. The van der Waals surface area contributed by atoms with Crippen LogP contribution in [0.5, 0.6) is 0 Å². The number of carbonyl (C=O) groups excluding carboxylic acids is 4. The molecule has 14 nitrogen and oxygen atoms in total. The van der Waals surface area contributed by atoms with Crippen LogP contribution in [0, 0.1) is 11.3 Å².